The number of Topliss-reactive ketones (excluding diaryl/α,β-unsaturated/α-hetero) is 1. The topological polar surface area (TPSA) is 99.7 Å². The second kappa shape index (κ2) is 9.86. The number of esters is 1. The van der Waals surface area contributed by atoms with E-state index in [0.29, 0.717) is 23.6 Å². The molecule has 2 aromatic rings. The van der Waals surface area contributed by atoms with Gasteiger partial charge in [0.2, 0.25) is 0 Å². The number of methoxy groups -OCH3 is 1. The molecule has 0 saturated heterocycles. The minimum atomic E-state index is -0.631. The van der Waals surface area contributed by atoms with Gasteiger partial charge in [-0.3, -0.25) is 19.6 Å². The van der Waals surface area contributed by atoms with Crippen LogP contribution >= 0.6 is 0 Å². The van der Waals surface area contributed by atoms with Gasteiger partial charge in [0.05, 0.1) is 30.1 Å². The average molecular weight is 541 g/mol. The lowest BCUT2D eigenvalue weighted by Gasteiger charge is -2.27. The van der Waals surface area contributed by atoms with Gasteiger partial charge in [0.25, 0.3) is 0 Å². The van der Waals surface area contributed by atoms with Crippen molar-refractivity contribution in [2.45, 2.75) is 79.7 Å². The van der Waals surface area contributed by atoms with Crippen LogP contribution in [0.4, 0.5) is 0 Å². The highest BCUT2D eigenvalue weighted by Crippen LogP contribution is 2.44. The van der Waals surface area contributed by atoms with Crippen molar-refractivity contribution in [1.29, 1.82) is 0 Å². The van der Waals surface area contributed by atoms with Gasteiger partial charge in [-0.15, -0.1) is 0 Å². The summed E-state index contributed by atoms with van der Waals surface area (Å²) in [6.07, 6.45) is 8.16. The minimum Gasteiger partial charge on any atom is -0.468 e. The quantitative estimate of drug-likeness (QED) is 0.579. The molecular formula is C33H40N4O3. The Bertz CT molecular complexity index is 1650. The van der Waals surface area contributed by atoms with E-state index in [1.54, 1.807) is 0 Å². The number of nitrogens with zero attached hydrogens (tertiary/aromatic N) is 2. The van der Waals surface area contributed by atoms with Gasteiger partial charge >= 0.3 is 5.97 Å². The molecule has 7 nitrogen and oxygen atoms in total. The number of fused-ring (bicyclic) bond motifs is 6. The summed E-state index contributed by atoms with van der Waals surface area (Å²) in [6.45, 7) is 13.0. The molecule has 3 aliphatic heterocycles. The molecule has 0 aromatic carbocycles. The molecule has 1 fully saturated rings. The van der Waals surface area contributed by atoms with Crippen LogP contribution < -0.4 is 10.7 Å². The highest BCUT2D eigenvalue weighted by atomic mass is 16.5. The van der Waals surface area contributed by atoms with Gasteiger partial charge in [-0.1, -0.05) is 27.7 Å². The summed E-state index contributed by atoms with van der Waals surface area (Å²) in [5, 5.41) is 2.08. The molecule has 2 N–H and O–H groups in total. The van der Waals surface area contributed by atoms with Crippen molar-refractivity contribution >= 4 is 35.3 Å². The first-order chi connectivity index (χ1) is 19.2. The number of nitrogens with one attached hydrogen (secondary N) is 2. The van der Waals surface area contributed by atoms with Crippen molar-refractivity contribution in [2.24, 2.45) is 33.7 Å². The second-order valence-corrected chi connectivity index (χ2v) is 12.0. The molecule has 2 aromatic heterocycles. The molecule has 5 heterocycles. The van der Waals surface area contributed by atoms with E-state index >= 15 is 0 Å². The molecule has 8 bridgehead atoms. The number of H-pyrrole nitrogens is 2. The summed E-state index contributed by atoms with van der Waals surface area (Å²) in [7, 11) is 1.41. The van der Waals surface area contributed by atoms with Gasteiger partial charge < -0.3 is 14.7 Å². The molecule has 0 radical (unpaired) electrons. The number of ether oxygens (including phenoxy) is 1. The fourth-order valence-corrected chi connectivity index (χ4v) is 7.56. The van der Waals surface area contributed by atoms with Crippen LogP contribution in [0.3, 0.4) is 0 Å². The zero-order chi connectivity index (χ0) is 28.5. The number of ketones is 1. The van der Waals surface area contributed by atoms with Crippen LogP contribution in [0.2, 0.25) is 0 Å². The van der Waals surface area contributed by atoms with Crippen LogP contribution in [0, 0.1) is 37.5 Å². The third kappa shape index (κ3) is 3.92. The maximum atomic E-state index is 13.6. The third-order valence-electron chi connectivity index (χ3n) is 10.0. The van der Waals surface area contributed by atoms with Crippen molar-refractivity contribution in [3.05, 3.63) is 55.6 Å². The fraction of sp³-hybridized carbons (Fsp3) is 0.515. The lowest BCUT2D eigenvalue weighted by atomic mass is 9.74. The van der Waals surface area contributed by atoms with Gasteiger partial charge in [-0.2, -0.15) is 0 Å². The highest BCUT2D eigenvalue weighted by Gasteiger charge is 2.47. The zero-order valence-corrected chi connectivity index (χ0v) is 24.7. The lowest BCUT2D eigenvalue weighted by Crippen LogP contribution is -2.33. The summed E-state index contributed by atoms with van der Waals surface area (Å²) in [6, 6.07) is 0.0558. The minimum absolute atomic E-state index is 0.0403. The first kappa shape index (κ1) is 26.7. The molecular weight excluding hydrogens is 500 g/mol. The maximum Gasteiger partial charge on any atom is 0.315 e. The van der Waals surface area contributed by atoms with Crippen LogP contribution in [0.15, 0.2) is 21.3 Å². The van der Waals surface area contributed by atoms with Gasteiger partial charge in [-0.25, -0.2) is 0 Å². The predicted molar refractivity (Wildman–Crippen MR) is 158 cm³/mol. The van der Waals surface area contributed by atoms with Gasteiger partial charge in [0.15, 0.2) is 5.78 Å². The first-order valence-electron chi connectivity index (χ1n) is 14.8. The Labute approximate surface area is 235 Å². The molecule has 4 aliphatic rings. The van der Waals surface area contributed by atoms with Crippen molar-refractivity contribution in [3.63, 3.8) is 0 Å². The SMILES string of the molecule is CCc1c2[nH]c(c1C)CC1N=C3/C(=C4\N=C(C=c5[nH]/c(c(C)c5CC)=C\2)C(C)C4C(=O)OC)C(=O)CC[C@H]3[C@@H]1C. The van der Waals surface area contributed by atoms with E-state index in [2.05, 4.69) is 56.7 Å². The van der Waals surface area contributed by atoms with Crippen molar-refractivity contribution in [2.75, 3.05) is 7.11 Å². The monoisotopic (exact) mass is 540 g/mol. The molecule has 1 saturated carbocycles. The zero-order valence-electron chi connectivity index (χ0n) is 24.7. The van der Waals surface area contributed by atoms with E-state index in [0.717, 1.165) is 53.5 Å². The number of carbonyl (C=O) groups excluding carboxylic acids is 2. The third-order valence-corrected chi connectivity index (χ3v) is 10.0. The Hall–Kier alpha value is -3.48. The standard InChI is InChI=1S/C33H40N4O3/c1-8-19-15(3)22-12-24-17(5)21-10-11-28(38)30(31(21)36-24)32-29(33(39)40-7)18(6)25(37-32)14-27-20(9-2)16(4)23(35-27)13-26(19)34-22/h13-14,17-18,21,24,29,34-35H,8-12H2,1-7H3/b23-13-,27-14?,32-30-/t17-,18?,21-,24?,29?/m0/s1. The van der Waals surface area contributed by atoms with E-state index < -0.39 is 5.92 Å². The Kier molecular flexibility index (Phi) is 6.59. The summed E-state index contributed by atoms with van der Waals surface area (Å²) in [5.74, 6) is -0.696. The van der Waals surface area contributed by atoms with E-state index in [-0.39, 0.29) is 29.6 Å². The van der Waals surface area contributed by atoms with Crippen LogP contribution in [0.5, 0.6) is 0 Å². The average Bonchev–Trinajstić information content (AvgIpc) is 3.61. The van der Waals surface area contributed by atoms with E-state index in [9.17, 15) is 9.59 Å². The summed E-state index contributed by atoms with van der Waals surface area (Å²) in [5.41, 5.74) is 10.2. The molecule has 3 unspecified atom stereocenters. The Morgan fingerprint density at radius 3 is 2.50 bits per heavy atom. The number of allylic oxidation sites excluding steroid dienone is 1. The van der Waals surface area contributed by atoms with Crippen molar-refractivity contribution in [3.8, 4) is 0 Å². The lowest BCUT2D eigenvalue weighted by molar-refractivity contribution is -0.144. The molecule has 1 aliphatic carbocycles. The fourth-order valence-electron chi connectivity index (χ4n) is 7.56. The number of hydrogen-bond acceptors (Lipinski definition) is 5. The molecule has 5 atom stereocenters. The number of rotatable bonds is 3. The van der Waals surface area contributed by atoms with Crippen LogP contribution in [-0.2, 0) is 33.6 Å². The number of hydrogen-bond donors (Lipinski definition) is 2. The molecule has 0 amide bonds. The largest absolute Gasteiger partial charge is 0.468 e. The molecule has 7 heteroatoms. The highest BCUT2D eigenvalue weighted by molar-refractivity contribution is 6.27. The van der Waals surface area contributed by atoms with E-state index in [4.69, 9.17) is 14.7 Å². The van der Waals surface area contributed by atoms with Gasteiger partial charge in [0.1, 0.15) is 5.92 Å². The molecule has 6 rings (SSSR count). The summed E-state index contributed by atoms with van der Waals surface area (Å²) in [4.78, 5) is 44.5. The van der Waals surface area contributed by atoms with Crippen molar-refractivity contribution in [1.82, 2.24) is 9.97 Å². The van der Waals surface area contributed by atoms with Gasteiger partial charge in [0, 0.05) is 52.5 Å². The summed E-state index contributed by atoms with van der Waals surface area (Å²) >= 11 is 0. The van der Waals surface area contributed by atoms with Crippen molar-refractivity contribution < 1.29 is 14.3 Å². The molecule has 40 heavy (non-hydrogen) atoms. The van der Waals surface area contributed by atoms with Gasteiger partial charge in [-0.05, 0) is 73.4 Å². The predicted octanol–water partition coefficient (Wildman–Crippen LogP) is 3.82. The summed E-state index contributed by atoms with van der Waals surface area (Å²) < 4.78 is 5.27. The molecule has 0 spiro atoms. The molecule has 210 valence electrons. The maximum absolute atomic E-state index is 13.6. The normalized spacial score (nSPS) is 29.9. The second-order valence-electron chi connectivity index (χ2n) is 12.0. The Balaban J connectivity index is 1.69. The number of carbonyl (C=O) groups is 2. The number of aliphatic imine (C=N–C) groups is 2. The van der Waals surface area contributed by atoms with Crippen LogP contribution in [0.25, 0.3) is 12.2 Å². The van der Waals surface area contributed by atoms with Crippen LogP contribution in [-0.4, -0.2) is 46.3 Å². The smallest absolute Gasteiger partial charge is 0.315 e. The number of aromatic nitrogens is 2. The van der Waals surface area contributed by atoms with E-state index in [1.165, 1.54) is 35.1 Å². The number of aromatic amines is 2. The van der Waals surface area contributed by atoms with E-state index in [1.807, 2.05) is 6.92 Å². The Morgan fingerprint density at radius 2 is 1.80 bits per heavy atom. The Morgan fingerprint density at radius 1 is 1.05 bits per heavy atom. The first-order valence-corrected chi connectivity index (χ1v) is 14.8. The van der Waals surface area contributed by atoms with Crippen LogP contribution in [0.1, 0.15) is 74.2 Å².